The highest BCUT2D eigenvalue weighted by atomic mass is 32.2. The van der Waals surface area contributed by atoms with Gasteiger partial charge in [0, 0.05) is 29.6 Å². The second-order valence-electron chi connectivity index (χ2n) is 5.12. The van der Waals surface area contributed by atoms with Crippen LogP contribution in [0.3, 0.4) is 0 Å². The van der Waals surface area contributed by atoms with E-state index in [1.54, 1.807) is 0 Å². The van der Waals surface area contributed by atoms with Gasteiger partial charge in [0.2, 0.25) is 0 Å². The number of aromatic nitrogens is 2. The first-order valence-corrected chi connectivity index (χ1v) is 7.89. The van der Waals surface area contributed by atoms with Gasteiger partial charge in [0.25, 0.3) is 0 Å². The second-order valence-corrected chi connectivity index (χ2v) is 6.39. The molecule has 1 aliphatic rings. The largest absolute Gasteiger partial charge is 0.311 e. The summed E-state index contributed by atoms with van der Waals surface area (Å²) in [5.41, 5.74) is 2.34. The van der Waals surface area contributed by atoms with Crippen molar-refractivity contribution < 1.29 is 0 Å². The minimum Gasteiger partial charge on any atom is -0.311 e. The van der Waals surface area contributed by atoms with E-state index in [-0.39, 0.29) is 0 Å². The SMILES string of the molecule is CSC1(CNCc2cnn(-c3ccccc3)c2)CC1. The number of nitrogens with zero attached hydrogens (tertiary/aromatic N) is 2. The third kappa shape index (κ3) is 3.01. The first-order valence-electron chi connectivity index (χ1n) is 6.66. The third-order valence-corrected chi connectivity index (χ3v) is 5.09. The minimum absolute atomic E-state index is 0.523. The lowest BCUT2D eigenvalue weighted by Gasteiger charge is -2.12. The number of hydrogen-bond acceptors (Lipinski definition) is 3. The maximum atomic E-state index is 4.41. The summed E-state index contributed by atoms with van der Waals surface area (Å²) in [5.74, 6) is 0. The molecular formula is C15H19N3S. The molecule has 1 saturated carbocycles. The predicted molar refractivity (Wildman–Crippen MR) is 80.8 cm³/mol. The van der Waals surface area contributed by atoms with Gasteiger partial charge >= 0.3 is 0 Å². The first kappa shape index (κ1) is 12.8. The summed E-state index contributed by atoms with van der Waals surface area (Å²) >= 11 is 1.99. The van der Waals surface area contributed by atoms with Crippen molar-refractivity contribution in [1.82, 2.24) is 15.1 Å². The summed E-state index contributed by atoms with van der Waals surface area (Å²) in [5, 5.41) is 7.95. The van der Waals surface area contributed by atoms with Crippen LogP contribution in [0.5, 0.6) is 0 Å². The maximum Gasteiger partial charge on any atom is 0.0645 e. The number of nitrogens with one attached hydrogen (secondary N) is 1. The standard InChI is InChI=1S/C15H19N3S/c1-19-15(7-8-15)12-16-9-13-10-17-18(11-13)14-5-3-2-4-6-14/h2-6,10-11,16H,7-9,12H2,1H3. The van der Waals surface area contributed by atoms with Gasteiger partial charge in [-0.25, -0.2) is 4.68 Å². The van der Waals surface area contributed by atoms with Crippen LogP contribution < -0.4 is 5.32 Å². The lowest BCUT2D eigenvalue weighted by atomic mass is 10.3. The smallest absolute Gasteiger partial charge is 0.0645 e. The molecule has 1 fully saturated rings. The highest BCUT2D eigenvalue weighted by Crippen LogP contribution is 2.46. The number of hydrogen-bond donors (Lipinski definition) is 1. The molecule has 3 rings (SSSR count). The van der Waals surface area contributed by atoms with Crippen LogP contribution in [0.4, 0.5) is 0 Å². The van der Waals surface area contributed by atoms with Crippen LogP contribution >= 0.6 is 11.8 Å². The zero-order valence-electron chi connectivity index (χ0n) is 11.2. The number of benzene rings is 1. The van der Waals surface area contributed by atoms with Crippen molar-refractivity contribution in [3.63, 3.8) is 0 Å². The minimum atomic E-state index is 0.523. The van der Waals surface area contributed by atoms with Crippen LogP contribution in [0, 0.1) is 0 Å². The third-order valence-electron chi connectivity index (χ3n) is 3.67. The molecule has 1 N–H and O–H groups in total. The van der Waals surface area contributed by atoms with Crippen molar-refractivity contribution in [1.29, 1.82) is 0 Å². The van der Waals surface area contributed by atoms with E-state index in [0.29, 0.717) is 4.75 Å². The van der Waals surface area contributed by atoms with E-state index < -0.39 is 0 Å². The van der Waals surface area contributed by atoms with E-state index in [2.05, 4.69) is 35.0 Å². The maximum absolute atomic E-state index is 4.41. The van der Waals surface area contributed by atoms with Gasteiger partial charge in [0.15, 0.2) is 0 Å². The molecule has 1 aromatic carbocycles. The fraction of sp³-hybridized carbons (Fsp3) is 0.400. The molecule has 2 aromatic rings. The van der Waals surface area contributed by atoms with E-state index in [4.69, 9.17) is 0 Å². The van der Waals surface area contributed by atoms with Crippen LogP contribution in [-0.4, -0.2) is 27.3 Å². The molecule has 1 aliphatic carbocycles. The van der Waals surface area contributed by atoms with Crippen LogP contribution in [0.2, 0.25) is 0 Å². The van der Waals surface area contributed by atoms with Gasteiger partial charge in [0.05, 0.1) is 11.9 Å². The molecule has 1 heterocycles. The molecule has 0 aliphatic heterocycles. The van der Waals surface area contributed by atoms with Crippen LogP contribution in [0.15, 0.2) is 42.7 Å². The molecule has 1 aromatic heterocycles. The molecule has 0 radical (unpaired) electrons. The van der Waals surface area contributed by atoms with E-state index in [9.17, 15) is 0 Å². The van der Waals surface area contributed by atoms with Crippen molar-refractivity contribution in [3.8, 4) is 5.69 Å². The summed E-state index contributed by atoms with van der Waals surface area (Å²) in [6.07, 6.45) is 8.96. The average Bonchev–Trinajstić information content (AvgIpc) is 3.09. The van der Waals surface area contributed by atoms with Gasteiger partial charge in [0.1, 0.15) is 0 Å². The second kappa shape index (κ2) is 5.39. The molecule has 4 heteroatoms. The fourth-order valence-electron chi connectivity index (χ4n) is 2.20. The van der Waals surface area contributed by atoms with Gasteiger partial charge in [-0.15, -0.1) is 0 Å². The zero-order chi connectivity index (χ0) is 13.1. The van der Waals surface area contributed by atoms with Crippen molar-refractivity contribution in [2.24, 2.45) is 0 Å². The Labute approximate surface area is 118 Å². The molecule has 0 saturated heterocycles. The summed E-state index contributed by atoms with van der Waals surface area (Å²) in [4.78, 5) is 0. The lowest BCUT2D eigenvalue weighted by molar-refractivity contribution is 0.663. The van der Waals surface area contributed by atoms with Gasteiger partial charge in [-0.3, -0.25) is 0 Å². The number of thioether (sulfide) groups is 1. The predicted octanol–water partition coefficient (Wildman–Crippen LogP) is 2.86. The molecule has 0 atom stereocenters. The summed E-state index contributed by atoms with van der Waals surface area (Å²) < 4.78 is 2.45. The van der Waals surface area contributed by atoms with E-state index in [1.165, 1.54) is 18.4 Å². The average molecular weight is 273 g/mol. The van der Waals surface area contributed by atoms with E-state index in [0.717, 1.165) is 18.8 Å². The summed E-state index contributed by atoms with van der Waals surface area (Å²) in [6.45, 7) is 2.00. The highest BCUT2D eigenvalue weighted by molar-refractivity contribution is 8.00. The quantitative estimate of drug-likeness (QED) is 0.877. The van der Waals surface area contributed by atoms with Gasteiger partial charge in [-0.05, 0) is 31.2 Å². The molecule has 0 bridgehead atoms. The van der Waals surface area contributed by atoms with Gasteiger partial charge < -0.3 is 5.32 Å². The van der Waals surface area contributed by atoms with Crippen molar-refractivity contribution in [2.75, 3.05) is 12.8 Å². The molecular weight excluding hydrogens is 254 g/mol. The molecule has 0 unspecified atom stereocenters. The van der Waals surface area contributed by atoms with Crippen molar-refractivity contribution in [3.05, 3.63) is 48.3 Å². The van der Waals surface area contributed by atoms with Gasteiger partial charge in [-0.1, -0.05) is 18.2 Å². The highest BCUT2D eigenvalue weighted by Gasteiger charge is 2.41. The Bertz CT molecular complexity index is 531. The molecule has 3 nitrogen and oxygen atoms in total. The summed E-state index contributed by atoms with van der Waals surface area (Å²) in [6, 6.07) is 10.2. The Balaban J connectivity index is 1.57. The topological polar surface area (TPSA) is 29.9 Å². The first-order chi connectivity index (χ1) is 9.31. The molecule has 0 amide bonds. The van der Waals surface area contributed by atoms with E-state index in [1.807, 2.05) is 40.8 Å². The van der Waals surface area contributed by atoms with Crippen molar-refractivity contribution >= 4 is 11.8 Å². The molecule has 100 valence electrons. The molecule has 0 spiro atoms. The monoisotopic (exact) mass is 273 g/mol. The Morgan fingerprint density at radius 1 is 1.32 bits per heavy atom. The van der Waals surface area contributed by atoms with Crippen molar-refractivity contribution in [2.45, 2.75) is 24.1 Å². The lowest BCUT2D eigenvalue weighted by Crippen LogP contribution is -2.25. The van der Waals surface area contributed by atoms with Gasteiger partial charge in [-0.2, -0.15) is 16.9 Å². The fourth-order valence-corrected chi connectivity index (χ4v) is 2.96. The van der Waals surface area contributed by atoms with Crippen LogP contribution in [0.1, 0.15) is 18.4 Å². The van der Waals surface area contributed by atoms with Crippen LogP contribution in [-0.2, 0) is 6.54 Å². The van der Waals surface area contributed by atoms with Crippen LogP contribution in [0.25, 0.3) is 5.69 Å². The normalized spacial score (nSPS) is 16.5. The van der Waals surface area contributed by atoms with E-state index >= 15 is 0 Å². The number of para-hydroxylation sites is 1. The Morgan fingerprint density at radius 3 is 2.79 bits per heavy atom. The Morgan fingerprint density at radius 2 is 2.11 bits per heavy atom. The number of rotatable bonds is 6. The zero-order valence-corrected chi connectivity index (χ0v) is 12.0. The molecule has 19 heavy (non-hydrogen) atoms. The summed E-state index contributed by atoms with van der Waals surface area (Å²) in [7, 11) is 0. The Hall–Kier alpha value is -1.26. The Kier molecular flexibility index (Phi) is 3.62.